The van der Waals surface area contributed by atoms with Crippen molar-refractivity contribution in [3.8, 4) is 5.75 Å². The summed E-state index contributed by atoms with van der Waals surface area (Å²) in [7, 11) is 0. The molecule has 2 fully saturated rings. The Morgan fingerprint density at radius 1 is 1.21 bits per heavy atom. The number of piperidine rings is 1. The first kappa shape index (κ1) is 21.9. The monoisotopic (exact) mass is 414 g/mol. The van der Waals surface area contributed by atoms with Gasteiger partial charge in [0.2, 0.25) is 5.91 Å². The number of rotatable bonds is 5. The van der Waals surface area contributed by atoms with E-state index in [1.54, 1.807) is 13.0 Å². The average molecular weight is 414 g/mol. The zero-order chi connectivity index (χ0) is 21.0. The van der Waals surface area contributed by atoms with Gasteiger partial charge < -0.3 is 20.1 Å². The maximum Gasteiger partial charge on any atom is 0.573 e. The summed E-state index contributed by atoms with van der Waals surface area (Å²) in [6.45, 7) is 2.72. The summed E-state index contributed by atoms with van der Waals surface area (Å²) in [6.07, 6.45) is 0.552. The van der Waals surface area contributed by atoms with Crippen LogP contribution in [0, 0.1) is 0 Å². The Kier molecular flexibility index (Phi) is 7.05. The number of amides is 1. The van der Waals surface area contributed by atoms with Crippen LogP contribution in [0.15, 0.2) is 24.3 Å². The van der Waals surface area contributed by atoms with Crippen LogP contribution in [0.1, 0.15) is 56.9 Å². The van der Waals surface area contributed by atoms with Crippen molar-refractivity contribution in [2.24, 2.45) is 5.73 Å². The quantitative estimate of drug-likeness (QED) is 0.792. The molecule has 29 heavy (non-hydrogen) atoms. The lowest BCUT2D eigenvalue weighted by molar-refractivity contribution is -0.274. The predicted octanol–water partition coefficient (Wildman–Crippen LogP) is 3.97. The van der Waals surface area contributed by atoms with Crippen molar-refractivity contribution in [1.29, 1.82) is 0 Å². The zero-order valence-electron chi connectivity index (χ0n) is 16.7. The molecule has 0 bridgehead atoms. The molecule has 2 N–H and O–H groups in total. The van der Waals surface area contributed by atoms with Crippen molar-refractivity contribution in [3.05, 3.63) is 29.8 Å². The molecule has 2 aliphatic rings. The van der Waals surface area contributed by atoms with Crippen LogP contribution >= 0.6 is 0 Å². The van der Waals surface area contributed by atoms with Crippen LogP contribution in [0.25, 0.3) is 0 Å². The summed E-state index contributed by atoms with van der Waals surface area (Å²) in [4.78, 5) is 13.7. The molecule has 5 nitrogen and oxygen atoms in total. The van der Waals surface area contributed by atoms with Gasteiger partial charge in [-0.05, 0) is 62.1 Å². The number of benzene rings is 1. The van der Waals surface area contributed by atoms with Gasteiger partial charge in [0.15, 0.2) is 0 Å². The van der Waals surface area contributed by atoms with E-state index in [4.69, 9.17) is 10.5 Å². The van der Waals surface area contributed by atoms with Crippen molar-refractivity contribution in [2.75, 3.05) is 13.2 Å². The lowest BCUT2D eigenvalue weighted by Gasteiger charge is -2.40. The Morgan fingerprint density at radius 3 is 2.59 bits per heavy atom. The second kappa shape index (κ2) is 9.34. The van der Waals surface area contributed by atoms with Crippen LogP contribution < -0.4 is 10.5 Å². The molecule has 3 rings (SSSR count). The predicted molar refractivity (Wildman–Crippen MR) is 102 cm³/mol. The molecular weight excluding hydrogens is 385 g/mol. The smallest absolute Gasteiger partial charge is 0.406 e. The first-order chi connectivity index (χ1) is 13.7. The molecule has 1 saturated carbocycles. The molecule has 0 spiro atoms. The van der Waals surface area contributed by atoms with Gasteiger partial charge in [0.25, 0.3) is 0 Å². The fourth-order valence-electron chi connectivity index (χ4n) is 4.45. The van der Waals surface area contributed by atoms with Crippen LogP contribution in [0.5, 0.6) is 5.75 Å². The molecule has 2 atom stereocenters. The maximum atomic E-state index is 12.4. The Morgan fingerprint density at radius 2 is 1.93 bits per heavy atom. The van der Waals surface area contributed by atoms with Gasteiger partial charge in [0, 0.05) is 19.5 Å². The minimum atomic E-state index is -4.68. The van der Waals surface area contributed by atoms with E-state index in [-0.39, 0.29) is 35.8 Å². The number of carbonyl (C=O) groups is 1. The summed E-state index contributed by atoms with van der Waals surface area (Å²) in [5, 5.41) is 0. The van der Waals surface area contributed by atoms with E-state index < -0.39 is 6.36 Å². The molecule has 1 aliphatic carbocycles. The van der Waals surface area contributed by atoms with E-state index in [0.29, 0.717) is 6.61 Å². The van der Waals surface area contributed by atoms with Crippen molar-refractivity contribution in [2.45, 2.75) is 75.9 Å². The summed E-state index contributed by atoms with van der Waals surface area (Å²) in [5.41, 5.74) is 7.08. The lowest BCUT2D eigenvalue weighted by Crippen LogP contribution is -2.56. The largest absolute Gasteiger partial charge is 0.573 e. The van der Waals surface area contributed by atoms with Crippen molar-refractivity contribution >= 4 is 5.91 Å². The highest BCUT2D eigenvalue weighted by Crippen LogP contribution is 2.36. The normalized spacial score (nSPS) is 28.2. The Hall–Kier alpha value is -1.80. The van der Waals surface area contributed by atoms with Crippen molar-refractivity contribution < 1.29 is 27.4 Å². The number of carbonyl (C=O) groups excluding carboxylic acids is 1. The van der Waals surface area contributed by atoms with E-state index in [2.05, 4.69) is 4.74 Å². The van der Waals surface area contributed by atoms with Gasteiger partial charge in [-0.25, -0.2) is 0 Å². The Balaban J connectivity index is 1.50. The molecule has 1 saturated heterocycles. The van der Waals surface area contributed by atoms with Crippen LogP contribution in [0.3, 0.4) is 0 Å². The number of likely N-dealkylation sites (tertiary alicyclic amines) is 1. The number of hydrogen-bond acceptors (Lipinski definition) is 4. The molecule has 1 aliphatic heterocycles. The Labute approximate surface area is 169 Å². The number of nitrogens with two attached hydrogens (primary N) is 1. The number of halogens is 3. The van der Waals surface area contributed by atoms with Crippen LogP contribution in [0.2, 0.25) is 0 Å². The van der Waals surface area contributed by atoms with Gasteiger partial charge in [0.1, 0.15) is 5.75 Å². The third kappa shape index (κ3) is 6.09. The van der Waals surface area contributed by atoms with E-state index in [9.17, 15) is 18.0 Å². The zero-order valence-corrected chi connectivity index (χ0v) is 16.7. The van der Waals surface area contributed by atoms with E-state index in [1.165, 1.54) is 12.1 Å². The van der Waals surface area contributed by atoms with E-state index in [1.807, 2.05) is 11.0 Å². The molecule has 2 unspecified atom stereocenters. The standard InChI is InChI=1S/C21H29F3N2O3/c1-14(27)26-11-3-6-19(25)20(26)13-28-17-9-7-15(8-10-17)16-4-2-5-18(12-16)29-21(22,23)24/h2,4-5,12,15,17,19-20H,3,6-11,13,25H2,1H3. The van der Waals surface area contributed by atoms with E-state index in [0.717, 1.165) is 50.6 Å². The second-order valence-corrected chi connectivity index (χ2v) is 8.01. The number of nitrogens with zero attached hydrogens (tertiary/aromatic N) is 1. The second-order valence-electron chi connectivity index (χ2n) is 8.01. The summed E-state index contributed by atoms with van der Waals surface area (Å²) in [5.74, 6) is 0.0414. The minimum absolute atomic E-state index is 0.0263. The SMILES string of the molecule is CC(=O)N1CCCC(N)C1COC1CCC(c2cccc(OC(F)(F)F)c2)CC1. The summed E-state index contributed by atoms with van der Waals surface area (Å²) >= 11 is 0. The average Bonchev–Trinajstić information content (AvgIpc) is 2.66. The third-order valence-corrected chi connectivity index (χ3v) is 5.98. The van der Waals surface area contributed by atoms with E-state index >= 15 is 0 Å². The fraction of sp³-hybridized carbons (Fsp3) is 0.667. The molecule has 162 valence electrons. The van der Waals surface area contributed by atoms with Crippen molar-refractivity contribution in [1.82, 2.24) is 4.90 Å². The van der Waals surface area contributed by atoms with Crippen LogP contribution in [-0.4, -0.2) is 48.5 Å². The van der Waals surface area contributed by atoms with Gasteiger partial charge in [-0.1, -0.05) is 12.1 Å². The van der Waals surface area contributed by atoms with Gasteiger partial charge in [-0.2, -0.15) is 0 Å². The third-order valence-electron chi connectivity index (χ3n) is 5.98. The van der Waals surface area contributed by atoms with Gasteiger partial charge in [0.05, 0.1) is 18.8 Å². The molecule has 1 aromatic carbocycles. The summed E-state index contributed by atoms with van der Waals surface area (Å²) < 4.78 is 47.4. The highest BCUT2D eigenvalue weighted by molar-refractivity contribution is 5.73. The Bertz CT molecular complexity index is 690. The summed E-state index contributed by atoms with van der Waals surface area (Å²) in [6, 6.07) is 6.08. The molecule has 1 amide bonds. The molecule has 0 radical (unpaired) electrons. The highest BCUT2D eigenvalue weighted by atomic mass is 19.4. The number of alkyl halides is 3. The highest BCUT2D eigenvalue weighted by Gasteiger charge is 2.33. The fourth-order valence-corrected chi connectivity index (χ4v) is 4.45. The van der Waals surface area contributed by atoms with Gasteiger partial charge in [-0.15, -0.1) is 13.2 Å². The van der Waals surface area contributed by atoms with Gasteiger partial charge in [-0.3, -0.25) is 4.79 Å². The van der Waals surface area contributed by atoms with Crippen LogP contribution in [0.4, 0.5) is 13.2 Å². The molecule has 1 aromatic rings. The van der Waals surface area contributed by atoms with Gasteiger partial charge >= 0.3 is 6.36 Å². The first-order valence-corrected chi connectivity index (χ1v) is 10.2. The van der Waals surface area contributed by atoms with Crippen molar-refractivity contribution in [3.63, 3.8) is 0 Å². The lowest BCUT2D eigenvalue weighted by atomic mass is 9.82. The topological polar surface area (TPSA) is 64.8 Å². The number of hydrogen-bond donors (Lipinski definition) is 1. The molecule has 0 aromatic heterocycles. The number of ether oxygens (including phenoxy) is 2. The maximum absolute atomic E-state index is 12.4. The first-order valence-electron chi connectivity index (χ1n) is 10.2. The van der Waals surface area contributed by atoms with Crippen LogP contribution in [-0.2, 0) is 9.53 Å². The molecule has 8 heteroatoms. The molecular formula is C21H29F3N2O3. The minimum Gasteiger partial charge on any atom is -0.406 e. The molecule has 1 heterocycles.